The predicted octanol–water partition coefficient (Wildman–Crippen LogP) is 4.57. The summed E-state index contributed by atoms with van der Waals surface area (Å²) in [5, 5.41) is 2.32. The van der Waals surface area contributed by atoms with E-state index in [9.17, 15) is 0 Å². The Morgan fingerprint density at radius 1 is 1.24 bits per heavy atom. The van der Waals surface area contributed by atoms with Crippen LogP contribution in [0.1, 0.15) is 25.4 Å². The van der Waals surface area contributed by atoms with E-state index in [0.29, 0.717) is 22.5 Å². The van der Waals surface area contributed by atoms with E-state index in [0.717, 1.165) is 34.3 Å². The van der Waals surface area contributed by atoms with Gasteiger partial charge in [0.2, 0.25) is 0 Å². The van der Waals surface area contributed by atoms with Crippen molar-refractivity contribution in [3.05, 3.63) is 39.8 Å². The maximum Gasteiger partial charge on any atom is 0.108 e. The van der Waals surface area contributed by atoms with Crippen LogP contribution in [-0.4, -0.2) is 16.5 Å². The number of H-pyrrole nitrogens is 1. The SMILES string of the molecule is CC(C)Cc1nc(CCN)[nH]c1Sc1cc(Cl)cc(Cl)c1. The van der Waals surface area contributed by atoms with Crippen LogP contribution >= 0.6 is 35.0 Å². The third-order valence-electron chi connectivity index (χ3n) is 2.83. The lowest BCUT2D eigenvalue weighted by Crippen LogP contribution is -2.04. The number of halogens is 2. The summed E-state index contributed by atoms with van der Waals surface area (Å²) in [6, 6.07) is 5.54. The number of aromatic nitrogens is 2. The molecule has 0 aliphatic heterocycles. The van der Waals surface area contributed by atoms with Gasteiger partial charge in [0.15, 0.2) is 0 Å². The van der Waals surface area contributed by atoms with Crippen LogP contribution in [0.2, 0.25) is 10.0 Å². The van der Waals surface area contributed by atoms with E-state index in [4.69, 9.17) is 28.9 Å². The highest BCUT2D eigenvalue weighted by Crippen LogP contribution is 2.33. The first-order valence-electron chi connectivity index (χ1n) is 6.89. The van der Waals surface area contributed by atoms with E-state index in [1.54, 1.807) is 17.8 Å². The molecular weight excluding hydrogens is 325 g/mol. The monoisotopic (exact) mass is 343 g/mol. The standard InChI is InChI=1S/C15H19Cl2N3S/c1-9(2)5-13-15(20-14(19-13)3-4-18)21-12-7-10(16)6-11(17)8-12/h6-9H,3-5,18H2,1-2H3,(H,19,20). The van der Waals surface area contributed by atoms with Gasteiger partial charge in [-0.25, -0.2) is 4.98 Å². The highest BCUT2D eigenvalue weighted by atomic mass is 35.5. The minimum Gasteiger partial charge on any atom is -0.337 e. The van der Waals surface area contributed by atoms with Crippen LogP contribution in [0, 0.1) is 5.92 Å². The van der Waals surface area contributed by atoms with Gasteiger partial charge >= 0.3 is 0 Å². The molecule has 21 heavy (non-hydrogen) atoms. The molecule has 1 aromatic heterocycles. The van der Waals surface area contributed by atoms with E-state index in [1.807, 2.05) is 12.1 Å². The third-order valence-corrected chi connectivity index (χ3v) is 4.28. The zero-order valence-electron chi connectivity index (χ0n) is 12.1. The van der Waals surface area contributed by atoms with Crippen molar-refractivity contribution in [2.24, 2.45) is 11.7 Å². The first-order valence-corrected chi connectivity index (χ1v) is 8.47. The Bertz CT molecular complexity index is 591. The molecule has 0 fully saturated rings. The number of aromatic amines is 1. The van der Waals surface area contributed by atoms with E-state index in [1.165, 1.54) is 0 Å². The second-order valence-corrected chi connectivity index (χ2v) is 7.26. The number of nitrogens with one attached hydrogen (secondary N) is 1. The number of imidazole rings is 1. The van der Waals surface area contributed by atoms with Gasteiger partial charge in [0.1, 0.15) is 10.9 Å². The molecule has 0 saturated carbocycles. The van der Waals surface area contributed by atoms with Crippen LogP contribution in [0.15, 0.2) is 28.1 Å². The molecule has 0 aliphatic carbocycles. The van der Waals surface area contributed by atoms with Crippen LogP contribution in [0.5, 0.6) is 0 Å². The van der Waals surface area contributed by atoms with Crippen LogP contribution in [0.4, 0.5) is 0 Å². The average Bonchev–Trinajstić information content (AvgIpc) is 2.69. The van der Waals surface area contributed by atoms with E-state index in [-0.39, 0.29) is 0 Å². The summed E-state index contributed by atoms with van der Waals surface area (Å²) in [5.41, 5.74) is 6.69. The normalized spacial score (nSPS) is 11.3. The molecule has 3 nitrogen and oxygen atoms in total. The molecule has 0 bridgehead atoms. The van der Waals surface area contributed by atoms with Crippen LogP contribution in [-0.2, 0) is 12.8 Å². The Morgan fingerprint density at radius 3 is 2.48 bits per heavy atom. The molecule has 2 aromatic rings. The zero-order valence-corrected chi connectivity index (χ0v) is 14.4. The molecule has 2 rings (SSSR count). The second-order valence-electron chi connectivity index (χ2n) is 5.30. The largest absolute Gasteiger partial charge is 0.337 e. The van der Waals surface area contributed by atoms with Gasteiger partial charge in [0.25, 0.3) is 0 Å². The number of hydrogen-bond donors (Lipinski definition) is 2. The van der Waals surface area contributed by atoms with Gasteiger partial charge in [0, 0.05) is 21.4 Å². The first-order chi connectivity index (χ1) is 9.97. The van der Waals surface area contributed by atoms with Crippen molar-refractivity contribution in [2.75, 3.05) is 6.54 Å². The van der Waals surface area contributed by atoms with Crippen molar-refractivity contribution >= 4 is 35.0 Å². The Morgan fingerprint density at radius 2 is 1.90 bits per heavy atom. The van der Waals surface area contributed by atoms with Gasteiger partial charge in [-0.3, -0.25) is 0 Å². The van der Waals surface area contributed by atoms with Crippen molar-refractivity contribution in [3.63, 3.8) is 0 Å². The average molecular weight is 344 g/mol. The molecule has 1 heterocycles. The molecule has 0 aliphatic rings. The van der Waals surface area contributed by atoms with Crippen LogP contribution in [0.25, 0.3) is 0 Å². The molecule has 3 N–H and O–H groups in total. The van der Waals surface area contributed by atoms with Gasteiger partial charge in [-0.1, -0.05) is 48.8 Å². The maximum absolute atomic E-state index is 6.06. The van der Waals surface area contributed by atoms with Gasteiger partial charge in [-0.05, 0) is 37.1 Å². The molecule has 1 aromatic carbocycles. The van der Waals surface area contributed by atoms with Crippen molar-refractivity contribution < 1.29 is 0 Å². The molecule has 0 saturated heterocycles. The summed E-state index contributed by atoms with van der Waals surface area (Å²) in [5.74, 6) is 1.48. The summed E-state index contributed by atoms with van der Waals surface area (Å²) >= 11 is 13.7. The summed E-state index contributed by atoms with van der Waals surface area (Å²) in [7, 11) is 0. The minimum atomic E-state index is 0.543. The smallest absolute Gasteiger partial charge is 0.108 e. The summed E-state index contributed by atoms with van der Waals surface area (Å²) in [4.78, 5) is 9.02. The van der Waals surface area contributed by atoms with Crippen molar-refractivity contribution in [1.29, 1.82) is 0 Å². The first kappa shape index (κ1) is 16.7. The molecule has 0 atom stereocenters. The van der Waals surface area contributed by atoms with E-state index < -0.39 is 0 Å². The topological polar surface area (TPSA) is 54.7 Å². The molecule has 114 valence electrons. The Labute approximate surface area is 139 Å². The van der Waals surface area contributed by atoms with Gasteiger partial charge in [-0.15, -0.1) is 0 Å². The number of nitrogens with zero attached hydrogens (tertiary/aromatic N) is 1. The second kappa shape index (κ2) is 7.54. The fourth-order valence-electron chi connectivity index (χ4n) is 2.01. The highest BCUT2D eigenvalue weighted by Gasteiger charge is 2.13. The number of benzene rings is 1. The lowest BCUT2D eigenvalue weighted by atomic mass is 10.1. The minimum absolute atomic E-state index is 0.543. The van der Waals surface area contributed by atoms with Crippen LogP contribution in [0.3, 0.4) is 0 Å². The Hall–Kier alpha value is -0.680. The summed E-state index contributed by atoms with van der Waals surface area (Å²) in [6.07, 6.45) is 1.68. The van der Waals surface area contributed by atoms with Gasteiger partial charge in [0.05, 0.1) is 5.69 Å². The van der Waals surface area contributed by atoms with Crippen molar-refractivity contribution in [1.82, 2.24) is 9.97 Å². The van der Waals surface area contributed by atoms with E-state index >= 15 is 0 Å². The Balaban J connectivity index is 2.28. The number of rotatable bonds is 6. The molecule has 0 unspecified atom stereocenters. The van der Waals surface area contributed by atoms with Crippen LogP contribution < -0.4 is 5.73 Å². The fraction of sp³-hybridized carbons (Fsp3) is 0.400. The zero-order chi connectivity index (χ0) is 15.4. The van der Waals surface area contributed by atoms with Crippen molar-refractivity contribution in [3.8, 4) is 0 Å². The Kier molecular flexibility index (Phi) is 5.99. The lowest BCUT2D eigenvalue weighted by Gasteiger charge is -2.06. The third kappa shape index (κ3) is 4.92. The van der Waals surface area contributed by atoms with Crippen molar-refractivity contribution in [2.45, 2.75) is 36.6 Å². The fourth-order valence-corrected chi connectivity index (χ4v) is 3.69. The molecular formula is C15H19Cl2N3S. The number of nitrogens with two attached hydrogens (primary N) is 1. The van der Waals surface area contributed by atoms with Gasteiger partial charge in [-0.2, -0.15) is 0 Å². The lowest BCUT2D eigenvalue weighted by molar-refractivity contribution is 0.629. The molecule has 0 spiro atoms. The number of hydrogen-bond acceptors (Lipinski definition) is 3. The molecule has 0 radical (unpaired) electrons. The predicted molar refractivity (Wildman–Crippen MR) is 90.5 cm³/mol. The summed E-state index contributed by atoms with van der Waals surface area (Å²) < 4.78 is 0. The highest BCUT2D eigenvalue weighted by molar-refractivity contribution is 7.99. The van der Waals surface area contributed by atoms with E-state index in [2.05, 4.69) is 23.8 Å². The molecule has 6 heteroatoms. The quantitative estimate of drug-likeness (QED) is 0.807. The van der Waals surface area contributed by atoms with Gasteiger partial charge < -0.3 is 10.7 Å². The summed E-state index contributed by atoms with van der Waals surface area (Å²) in [6.45, 7) is 4.95. The maximum atomic E-state index is 6.06. The molecule has 0 amide bonds.